The maximum Gasteiger partial charge on any atom is 0.336 e. The van der Waals surface area contributed by atoms with E-state index in [1.165, 1.54) is 0 Å². The summed E-state index contributed by atoms with van der Waals surface area (Å²) in [5.41, 5.74) is 0. The fraction of sp³-hybridized carbons (Fsp3) is 0.600. The first kappa shape index (κ1) is 12.5. The molecule has 6 heteroatoms. The Morgan fingerprint density at radius 1 is 1.19 bits per heavy atom. The lowest BCUT2D eigenvalue weighted by Gasteiger charge is -2.07. The number of unbranched alkanes of at least 4 members (excludes halogenated alkanes) is 1. The molecule has 2 atom stereocenters. The second-order valence-corrected chi connectivity index (χ2v) is 3.32. The van der Waals surface area contributed by atoms with Crippen LogP contribution in [0.5, 0.6) is 0 Å². The average Bonchev–Trinajstić information content (AvgIpc) is 2.62. The summed E-state index contributed by atoms with van der Waals surface area (Å²) in [6.07, 6.45) is 2.83. The molecule has 1 aliphatic rings. The normalized spacial score (nSPS) is 25.2. The van der Waals surface area contributed by atoms with Gasteiger partial charge < -0.3 is 19.7 Å². The summed E-state index contributed by atoms with van der Waals surface area (Å²) in [6.45, 7) is 0. The van der Waals surface area contributed by atoms with Crippen LogP contribution in [0.1, 0.15) is 19.3 Å². The summed E-state index contributed by atoms with van der Waals surface area (Å²) in [7, 11) is 0. The van der Waals surface area contributed by atoms with Crippen LogP contribution in [0.4, 0.5) is 0 Å². The van der Waals surface area contributed by atoms with E-state index in [4.69, 9.17) is 26.1 Å². The van der Waals surface area contributed by atoms with E-state index < -0.39 is 30.4 Å². The molecule has 6 nitrogen and oxygen atoms in total. The molecule has 16 heavy (non-hydrogen) atoms. The van der Waals surface area contributed by atoms with Crippen molar-refractivity contribution in [3.63, 3.8) is 0 Å². The highest BCUT2D eigenvalue weighted by Crippen LogP contribution is 2.23. The van der Waals surface area contributed by atoms with Crippen LogP contribution in [0.25, 0.3) is 0 Å². The second-order valence-electron chi connectivity index (χ2n) is 3.32. The second kappa shape index (κ2) is 5.49. The van der Waals surface area contributed by atoms with Crippen molar-refractivity contribution < 1.29 is 29.3 Å². The highest BCUT2D eigenvalue weighted by Gasteiger charge is 2.45. The molecule has 0 unspecified atom stereocenters. The number of terminal acetylenes is 1. The zero-order valence-corrected chi connectivity index (χ0v) is 8.46. The van der Waals surface area contributed by atoms with Crippen molar-refractivity contribution in [2.75, 3.05) is 0 Å². The van der Waals surface area contributed by atoms with Crippen LogP contribution >= 0.6 is 0 Å². The van der Waals surface area contributed by atoms with E-state index >= 15 is 0 Å². The molecule has 1 saturated heterocycles. The summed E-state index contributed by atoms with van der Waals surface area (Å²) in [6, 6.07) is 0. The van der Waals surface area contributed by atoms with Gasteiger partial charge in [-0.1, -0.05) is 0 Å². The molecule has 88 valence electrons. The van der Waals surface area contributed by atoms with Crippen molar-refractivity contribution in [1.29, 1.82) is 0 Å². The van der Waals surface area contributed by atoms with Gasteiger partial charge in [-0.2, -0.15) is 0 Å². The lowest BCUT2D eigenvalue weighted by Crippen LogP contribution is -2.36. The van der Waals surface area contributed by atoms with Gasteiger partial charge in [0.05, 0.1) is 0 Å². The van der Waals surface area contributed by atoms with Gasteiger partial charge in [0.15, 0.2) is 18.5 Å². The number of aliphatic carboxylic acids is 2. The third kappa shape index (κ3) is 2.95. The molecule has 0 aliphatic carbocycles. The monoisotopic (exact) mass is 228 g/mol. The summed E-state index contributed by atoms with van der Waals surface area (Å²) >= 11 is 0. The quantitative estimate of drug-likeness (QED) is 0.511. The number of hydrogen-bond acceptors (Lipinski definition) is 4. The SMILES string of the molecule is C#CCCCC1O[C@@H](C(=O)O)[C@H](C(=O)O)O1. The third-order valence-corrected chi connectivity index (χ3v) is 2.12. The molecule has 1 rings (SSSR count). The number of rotatable bonds is 5. The van der Waals surface area contributed by atoms with Gasteiger partial charge in [-0.15, -0.1) is 12.3 Å². The van der Waals surface area contributed by atoms with E-state index in [1.54, 1.807) is 0 Å². The van der Waals surface area contributed by atoms with E-state index in [1.807, 2.05) is 0 Å². The molecule has 0 bridgehead atoms. The topological polar surface area (TPSA) is 93.1 Å². The van der Waals surface area contributed by atoms with Crippen LogP contribution < -0.4 is 0 Å². The Kier molecular flexibility index (Phi) is 4.28. The van der Waals surface area contributed by atoms with E-state index in [2.05, 4.69) is 5.92 Å². The Bertz CT molecular complexity index is 296. The van der Waals surface area contributed by atoms with Crippen molar-refractivity contribution in [3.8, 4) is 12.3 Å². The van der Waals surface area contributed by atoms with Crippen LogP contribution in [0.15, 0.2) is 0 Å². The highest BCUT2D eigenvalue weighted by atomic mass is 16.7. The predicted molar refractivity (Wildman–Crippen MR) is 51.5 cm³/mol. The maximum absolute atomic E-state index is 10.7. The molecule has 0 amide bonds. The van der Waals surface area contributed by atoms with E-state index in [-0.39, 0.29) is 0 Å². The molecular formula is C10H12O6. The van der Waals surface area contributed by atoms with Gasteiger partial charge in [0.1, 0.15) is 0 Å². The molecule has 2 N–H and O–H groups in total. The van der Waals surface area contributed by atoms with Crippen LogP contribution in [0, 0.1) is 12.3 Å². The Hall–Kier alpha value is -1.58. The van der Waals surface area contributed by atoms with Gasteiger partial charge in [-0.05, 0) is 12.8 Å². The van der Waals surface area contributed by atoms with Crippen LogP contribution in [0.3, 0.4) is 0 Å². The smallest absolute Gasteiger partial charge is 0.336 e. The van der Waals surface area contributed by atoms with Gasteiger partial charge in [0.25, 0.3) is 0 Å². The Morgan fingerprint density at radius 3 is 2.06 bits per heavy atom. The number of hydrogen-bond donors (Lipinski definition) is 2. The van der Waals surface area contributed by atoms with E-state index in [9.17, 15) is 9.59 Å². The number of carbonyl (C=O) groups is 2. The Balaban J connectivity index is 2.52. The minimum atomic E-state index is -1.45. The molecule has 0 aromatic rings. The van der Waals surface area contributed by atoms with Crippen molar-refractivity contribution in [3.05, 3.63) is 0 Å². The molecule has 1 heterocycles. The van der Waals surface area contributed by atoms with Crippen molar-refractivity contribution in [1.82, 2.24) is 0 Å². The van der Waals surface area contributed by atoms with Gasteiger partial charge in [-0.25, -0.2) is 9.59 Å². The molecular weight excluding hydrogens is 216 g/mol. The summed E-state index contributed by atoms with van der Waals surface area (Å²) in [4.78, 5) is 21.4. The number of ether oxygens (including phenoxy) is 2. The van der Waals surface area contributed by atoms with Gasteiger partial charge >= 0.3 is 11.9 Å². The summed E-state index contributed by atoms with van der Waals surface area (Å²) < 4.78 is 9.94. The van der Waals surface area contributed by atoms with Crippen molar-refractivity contribution in [2.24, 2.45) is 0 Å². The zero-order valence-electron chi connectivity index (χ0n) is 8.46. The molecule has 0 aromatic carbocycles. The summed E-state index contributed by atoms with van der Waals surface area (Å²) in [5, 5.41) is 17.4. The van der Waals surface area contributed by atoms with Gasteiger partial charge in [0.2, 0.25) is 0 Å². The van der Waals surface area contributed by atoms with E-state index in [0.717, 1.165) is 0 Å². The minimum Gasteiger partial charge on any atom is -0.479 e. The fourth-order valence-corrected chi connectivity index (χ4v) is 1.38. The third-order valence-electron chi connectivity index (χ3n) is 2.12. The van der Waals surface area contributed by atoms with E-state index in [0.29, 0.717) is 19.3 Å². The minimum absolute atomic E-state index is 0.387. The van der Waals surface area contributed by atoms with Crippen LogP contribution in [0.2, 0.25) is 0 Å². The van der Waals surface area contributed by atoms with Crippen molar-refractivity contribution in [2.45, 2.75) is 37.8 Å². The Morgan fingerprint density at radius 2 is 1.69 bits per heavy atom. The Labute approximate surface area is 92.2 Å². The van der Waals surface area contributed by atoms with Crippen LogP contribution in [-0.4, -0.2) is 40.6 Å². The first-order valence-electron chi connectivity index (χ1n) is 4.76. The maximum atomic E-state index is 10.7. The lowest BCUT2D eigenvalue weighted by molar-refractivity contribution is -0.156. The fourth-order valence-electron chi connectivity index (χ4n) is 1.38. The standard InChI is InChI=1S/C10H12O6/c1-2-3-4-5-6-15-7(9(11)12)8(16-6)10(13)14/h1,6-8H,3-5H2,(H,11,12)(H,13,14)/t7-,8-/m1/s1. The number of carboxylic acids is 2. The molecule has 1 fully saturated rings. The first-order valence-corrected chi connectivity index (χ1v) is 4.76. The molecule has 0 spiro atoms. The van der Waals surface area contributed by atoms with Crippen LogP contribution in [-0.2, 0) is 19.1 Å². The number of carboxylic acid groups (broad SMARTS) is 2. The first-order chi connectivity index (χ1) is 7.56. The highest BCUT2D eigenvalue weighted by molar-refractivity contribution is 5.84. The summed E-state index contributed by atoms with van der Waals surface area (Å²) in [5.74, 6) is -0.266. The van der Waals surface area contributed by atoms with Crippen molar-refractivity contribution >= 4 is 11.9 Å². The van der Waals surface area contributed by atoms with Gasteiger partial charge in [0, 0.05) is 6.42 Å². The molecule has 0 saturated carbocycles. The zero-order chi connectivity index (χ0) is 12.1. The lowest BCUT2D eigenvalue weighted by atomic mass is 10.2. The predicted octanol–water partition coefficient (Wildman–Crippen LogP) is 0.0692. The molecule has 0 aromatic heterocycles. The average molecular weight is 228 g/mol. The molecule has 1 aliphatic heterocycles. The largest absolute Gasteiger partial charge is 0.479 e. The van der Waals surface area contributed by atoms with Gasteiger partial charge in [-0.3, -0.25) is 0 Å². The molecule has 0 radical (unpaired) electrons.